The molecule has 1 aromatic rings. The third-order valence-electron chi connectivity index (χ3n) is 3.25. The standard InChI is InChI=1S/C13H23N3O2S/c1-6-9(2)16(4)8-7-14-13-15-10(3)11(19-13)12(17)18-5/h9H,6-8H2,1-5H3,(H,14,15). The second-order valence-electron chi connectivity index (χ2n) is 4.59. The van der Waals surface area contributed by atoms with Crippen molar-refractivity contribution in [2.24, 2.45) is 0 Å². The maximum absolute atomic E-state index is 11.5. The number of nitrogens with one attached hydrogen (secondary N) is 1. The molecule has 1 unspecified atom stereocenters. The van der Waals surface area contributed by atoms with E-state index in [4.69, 9.17) is 4.74 Å². The van der Waals surface area contributed by atoms with E-state index in [-0.39, 0.29) is 5.97 Å². The Balaban J connectivity index is 2.48. The number of carbonyl (C=O) groups is 1. The number of nitrogens with zero attached hydrogens (tertiary/aromatic N) is 2. The maximum atomic E-state index is 11.5. The summed E-state index contributed by atoms with van der Waals surface area (Å²) in [6, 6.07) is 0.575. The fourth-order valence-electron chi connectivity index (χ4n) is 1.63. The Hall–Kier alpha value is -1.14. The lowest BCUT2D eigenvalue weighted by Gasteiger charge is -2.23. The van der Waals surface area contributed by atoms with Crippen LogP contribution in [0.25, 0.3) is 0 Å². The van der Waals surface area contributed by atoms with Gasteiger partial charge >= 0.3 is 5.97 Å². The number of anilines is 1. The maximum Gasteiger partial charge on any atom is 0.350 e. The summed E-state index contributed by atoms with van der Waals surface area (Å²) in [6.07, 6.45) is 1.14. The Morgan fingerprint density at radius 3 is 2.84 bits per heavy atom. The fourth-order valence-corrected chi connectivity index (χ4v) is 2.54. The topological polar surface area (TPSA) is 54.5 Å². The molecule has 19 heavy (non-hydrogen) atoms. The molecule has 108 valence electrons. The van der Waals surface area contributed by atoms with E-state index in [1.54, 1.807) is 0 Å². The number of thiazole rings is 1. The van der Waals surface area contributed by atoms with Gasteiger partial charge in [0, 0.05) is 19.1 Å². The van der Waals surface area contributed by atoms with Crippen molar-refractivity contribution in [1.29, 1.82) is 0 Å². The van der Waals surface area contributed by atoms with Gasteiger partial charge in [0.1, 0.15) is 4.88 Å². The lowest BCUT2D eigenvalue weighted by atomic mass is 10.2. The first-order chi connectivity index (χ1) is 8.99. The van der Waals surface area contributed by atoms with E-state index >= 15 is 0 Å². The number of rotatable bonds is 7. The number of aromatic nitrogens is 1. The van der Waals surface area contributed by atoms with Gasteiger partial charge in [0.2, 0.25) is 0 Å². The third kappa shape index (κ3) is 4.47. The molecule has 0 fully saturated rings. The number of carbonyl (C=O) groups excluding carboxylic acids is 1. The second-order valence-corrected chi connectivity index (χ2v) is 5.59. The normalized spacial score (nSPS) is 12.5. The monoisotopic (exact) mass is 285 g/mol. The van der Waals surface area contributed by atoms with Crippen LogP contribution >= 0.6 is 11.3 Å². The molecule has 0 aliphatic heterocycles. The molecular weight excluding hydrogens is 262 g/mol. The average Bonchev–Trinajstić information content (AvgIpc) is 2.77. The van der Waals surface area contributed by atoms with Gasteiger partial charge in [-0.2, -0.15) is 0 Å². The summed E-state index contributed by atoms with van der Waals surface area (Å²) < 4.78 is 4.71. The quantitative estimate of drug-likeness (QED) is 0.780. The van der Waals surface area contributed by atoms with Crippen molar-refractivity contribution in [3.63, 3.8) is 0 Å². The zero-order chi connectivity index (χ0) is 14.4. The van der Waals surface area contributed by atoms with Crippen LogP contribution in [0.2, 0.25) is 0 Å². The van der Waals surface area contributed by atoms with Gasteiger partial charge in [0.05, 0.1) is 12.8 Å². The largest absolute Gasteiger partial charge is 0.465 e. The number of esters is 1. The van der Waals surface area contributed by atoms with Crippen LogP contribution < -0.4 is 5.32 Å². The molecule has 1 rings (SSSR count). The van der Waals surface area contributed by atoms with Crippen LogP contribution in [0, 0.1) is 6.92 Å². The number of aryl methyl sites for hydroxylation is 1. The average molecular weight is 285 g/mol. The van der Waals surface area contributed by atoms with Crippen LogP contribution in [0.15, 0.2) is 0 Å². The van der Waals surface area contributed by atoms with Crippen LogP contribution in [-0.2, 0) is 4.74 Å². The first-order valence-corrected chi connectivity index (χ1v) is 7.31. The second kappa shape index (κ2) is 7.45. The molecule has 1 heterocycles. The minimum Gasteiger partial charge on any atom is -0.465 e. The van der Waals surface area contributed by atoms with Crippen molar-refractivity contribution >= 4 is 22.4 Å². The van der Waals surface area contributed by atoms with E-state index in [0.29, 0.717) is 10.9 Å². The minimum atomic E-state index is -0.320. The van der Waals surface area contributed by atoms with Gasteiger partial charge in [-0.25, -0.2) is 9.78 Å². The van der Waals surface area contributed by atoms with Crippen molar-refractivity contribution in [2.75, 3.05) is 32.6 Å². The highest BCUT2D eigenvalue weighted by molar-refractivity contribution is 7.17. The number of hydrogen-bond donors (Lipinski definition) is 1. The van der Waals surface area contributed by atoms with Crippen molar-refractivity contribution < 1.29 is 9.53 Å². The molecule has 0 amide bonds. The summed E-state index contributed by atoms with van der Waals surface area (Å²) in [5.41, 5.74) is 0.717. The molecule has 0 aliphatic carbocycles. The van der Waals surface area contributed by atoms with Gasteiger partial charge in [-0.05, 0) is 27.3 Å². The molecular formula is C13H23N3O2S. The third-order valence-corrected chi connectivity index (χ3v) is 4.35. The smallest absolute Gasteiger partial charge is 0.350 e. The number of likely N-dealkylation sites (N-methyl/N-ethyl adjacent to an activating group) is 1. The van der Waals surface area contributed by atoms with E-state index in [1.165, 1.54) is 18.4 Å². The van der Waals surface area contributed by atoms with Gasteiger partial charge in [-0.1, -0.05) is 18.3 Å². The summed E-state index contributed by atoms with van der Waals surface area (Å²) in [4.78, 5) is 18.7. The Bertz CT molecular complexity index is 420. The van der Waals surface area contributed by atoms with Gasteiger partial charge in [0.15, 0.2) is 5.13 Å². The Morgan fingerprint density at radius 1 is 1.58 bits per heavy atom. The van der Waals surface area contributed by atoms with Crippen LogP contribution in [0.4, 0.5) is 5.13 Å². The molecule has 1 aromatic heterocycles. The van der Waals surface area contributed by atoms with E-state index in [9.17, 15) is 4.79 Å². The Labute approximate surface area is 119 Å². The van der Waals surface area contributed by atoms with Gasteiger partial charge < -0.3 is 15.0 Å². The predicted molar refractivity (Wildman–Crippen MR) is 79.1 cm³/mol. The SMILES string of the molecule is CCC(C)N(C)CCNc1nc(C)c(C(=O)OC)s1. The predicted octanol–water partition coefficient (Wildman–Crippen LogP) is 2.38. The van der Waals surface area contributed by atoms with Crippen LogP contribution in [0.5, 0.6) is 0 Å². The summed E-state index contributed by atoms with van der Waals surface area (Å²) in [5.74, 6) is -0.320. The van der Waals surface area contributed by atoms with E-state index in [0.717, 1.165) is 30.3 Å². The number of ether oxygens (including phenoxy) is 1. The van der Waals surface area contributed by atoms with Crippen molar-refractivity contribution in [3.05, 3.63) is 10.6 Å². The summed E-state index contributed by atoms with van der Waals surface area (Å²) in [7, 11) is 3.50. The van der Waals surface area contributed by atoms with E-state index < -0.39 is 0 Å². The highest BCUT2D eigenvalue weighted by Gasteiger charge is 2.15. The van der Waals surface area contributed by atoms with Crippen molar-refractivity contribution in [3.8, 4) is 0 Å². The van der Waals surface area contributed by atoms with Crippen LogP contribution in [0.3, 0.4) is 0 Å². The van der Waals surface area contributed by atoms with Gasteiger partial charge in [-0.3, -0.25) is 0 Å². The van der Waals surface area contributed by atoms with E-state index in [2.05, 4.69) is 36.1 Å². The summed E-state index contributed by atoms with van der Waals surface area (Å²) in [6.45, 7) is 7.97. The Morgan fingerprint density at radius 2 is 2.26 bits per heavy atom. The minimum absolute atomic E-state index is 0.320. The fraction of sp³-hybridized carbons (Fsp3) is 0.692. The zero-order valence-corrected chi connectivity index (χ0v) is 13.1. The lowest BCUT2D eigenvalue weighted by Crippen LogP contribution is -2.32. The molecule has 0 bridgehead atoms. The molecule has 0 spiro atoms. The highest BCUT2D eigenvalue weighted by Crippen LogP contribution is 2.22. The highest BCUT2D eigenvalue weighted by atomic mass is 32.1. The first-order valence-electron chi connectivity index (χ1n) is 6.49. The molecule has 1 N–H and O–H groups in total. The zero-order valence-electron chi connectivity index (χ0n) is 12.3. The van der Waals surface area contributed by atoms with Crippen LogP contribution in [-0.4, -0.2) is 49.1 Å². The van der Waals surface area contributed by atoms with Crippen LogP contribution in [0.1, 0.15) is 35.6 Å². The summed E-state index contributed by atoms with van der Waals surface area (Å²) >= 11 is 1.34. The number of methoxy groups -OCH3 is 1. The molecule has 1 atom stereocenters. The lowest BCUT2D eigenvalue weighted by molar-refractivity contribution is 0.0605. The van der Waals surface area contributed by atoms with Gasteiger partial charge in [-0.15, -0.1) is 0 Å². The Kier molecular flexibility index (Phi) is 6.24. The van der Waals surface area contributed by atoms with Crippen molar-refractivity contribution in [1.82, 2.24) is 9.88 Å². The van der Waals surface area contributed by atoms with Crippen molar-refractivity contribution in [2.45, 2.75) is 33.2 Å². The molecule has 5 nitrogen and oxygen atoms in total. The number of hydrogen-bond acceptors (Lipinski definition) is 6. The molecule has 6 heteroatoms. The molecule has 0 radical (unpaired) electrons. The first kappa shape index (κ1) is 15.9. The molecule has 0 saturated heterocycles. The van der Waals surface area contributed by atoms with Gasteiger partial charge in [0.25, 0.3) is 0 Å². The molecule has 0 saturated carbocycles. The summed E-state index contributed by atoms with van der Waals surface area (Å²) in [5, 5.41) is 4.03. The molecule has 0 aromatic carbocycles. The molecule has 0 aliphatic rings. The van der Waals surface area contributed by atoms with E-state index in [1.807, 2.05) is 6.92 Å².